The highest BCUT2D eigenvalue weighted by atomic mass is 35.5. The highest BCUT2D eigenvalue weighted by Gasteiger charge is 2.45. The molecule has 0 spiro atoms. The molecule has 0 radical (unpaired) electrons. The van der Waals surface area contributed by atoms with Crippen LogP contribution in [0, 0.1) is 11.6 Å². The number of benzene rings is 3. The molecule has 3 aromatic carbocycles. The third kappa shape index (κ3) is 4.83. The minimum atomic E-state index is -0.825. The summed E-state index contributed by atoms with van der Waals surface area (Å²) < 4.78 is 28.8. The maximum atomic E-state index is 14.4. The van der Waals surface area contributed by atoms with E-state index in [1.165, 1.54) is 12.1 Å². The third-order valence-electron chi connectivity index (χ3n) is 6.65. The van der Waals surface area contributed by atoms with Gasteiger partial charge in [0.15, 0.2) is 0 Å². The molecular formula is C27H24Cl2F2N2O. The molecule has 1 heterocycles. The predicted molar refractivity (Wildman–Crippen MR) is 130 cm³/mol. The lowest BCUT2D eigenvalue weighted by Crippen LogP contribution is -2.60. The van der Waals surface area contributed by atoms with E-state index in [0.717, 1.165) is 43.1 Å². The SMILES string of the molecule is O=C(C(c1cc(F)cc(F)c1)C(c1ccc(Cl)cc1)c1ccc(Cl)cc1)N(C1CC1)C1CNC1. The molecule has 1 aliphatic heterocycles. The number of carbonyl (C=O) groups is 1. The Morgan fingerprint density at radius 1 is 0.794 bits per heavy atom. The van der Waals surface area contributed by atoms with Crippen molar-refractivity contribution in [3.63, 3.8) is 0 Å². The largest absolute Gasteiger partial charge is 0.334 e. The number of amides is 1. The highest BCUT2D eigenvalue weighted by molar-refractivity contribution is 6.30. The van der Waals surface area contributed by atoms with Crippen LogP contribution in [-0.2, 0) is 4.79 Å². The topological polar surface area (TPSA) is 32.3 Å². The van der Waals surface area contributed by atoms with Crippen LogP contribution in [0.1, 0.15) is 41.4 Å². The summed E-state index contributed by atoms with van der Waals surface area (Å²) in [6.45, 7) is 1.44. The molecule has 2 fully saturated rings. The van der Waals surface area contributed by atoms with Crippen molar-refractivity contribution in [2.45, 2.75) is 36.8 Å². The van der Waals surface area contributed by atoms with Crippen molar-refractivity contribution < 1.29 is 13.6 Å². The van der Waals surface area contributed by atoms with E-state index in [1.807, 2.05) is 29.2 Å². The van der Waals surface area contributed by atoms with Gasteiger partial charge in [0.1, 0.15) is 11.6 Å². The number of hydrogen-bond acceptors (Lipinski definition) is 2. The molecule has 1 atom stereocenters. The number of nitrogens with one attached hydrogen (secondary N) is 1. The van der Waals surface area contributed by atoms with E-state index >= 15 is 0 Å². The first kappa shape index (κ1) is 23.3. The van der Waals surface area contributed by atoms with Crippen LogP contribution in [-0.4, -0.2) is 36.0 Å². The summed E-state index contributed by atoms with van der Waals surface area (Å²) in [6.07, 6.45) is 1.89. The van der Waals surface area contributed by atoms with Crippen LogP contribution in [0.2, 0.25) is 10.0 Å². The zero-order chi connectivity index (χ0) is 23.8. The van der Waals surface area contributed by atoms with Gasteiger partial charge >= 0.3 is 0 Å². The van der Waals surface area contributed by atoms with Crippen molar-refractivity contribution in [2.24, 2.45) is 0 Å². The van der Waals surface area contributed by atoms with Gasteiger partial charge in [0.25, 0.3) is 0 Å². The zero-order valence-electron chi connectivity index (χ0n) is 18.4. The summed E-state index contributed by atoms with van der Waals surface area (Å²) in [5, 5.41) is 4.37. The summed E-state index contributed by atoms with van der Waals surface area (Å²) in [7, 11) is 0. The normalized spacial score (nSPS) is 16.9. The maximum Gasteiger partial charge on any atom is 0.231 e. The van der Waals surface area contributed by atoms with Crippen molar-refractivity contribution in [3.8, 4) is 0 Å². The molecule has 3 aromatic rings. The Hall–Kier alpha value is -2.47. The fourth-order valence-electron chi connectivity index (χ4n) is 4.79. The molecule has 1 aliphatic carbocycles. The average Bonchev–Trinajstić information content (AvgIpc) is 3.60. The van der Waals surface area contributed by atoms with Gasteiger partial charge in [-0.2, -0.15) is 0 Å². The van der Waals surface area contributed by atoms with Crippen molar-refractivity contribution in [1.82, 2.24) is 10.2 Å². The lowest BCUT2D eigenvalue weighted by Gasteiger charge is -2.42. The first-order valence-corrected chi connectivity index (χ1v) is 12.2. The van der Waals surface area contributed by atoms with Gasteiger partial charge in [0, 0.05) is 41.2 Å². The molecule has 0 aromatic heterocycles. The Morgan fingerprint density at radius 3 is 1.71 bits per heavy atom. The molecule has 34 heavy (non-hydrogen) atoms. The molecule has 3 nitrogen and oxygen atoms in total. The Kier molecular flexibility index (Phi) is 6.61. The summed E-state index contributed by atoms with van der Waals surface area (Å²) in [6, 6.07) is 18.1. The van der Waals surface area contributed by atoms with E-state index in [2.05, 4.69) is 5.32 Å². The van der Waals surface area contributed by atoms with E-state index in [1.54, 1.807) is 24.3 Å². The lowest BCUT2D eigenvalue weighted by molar-refractivity contribution is -0.137. The molecule has 1 amide bonds. The monoisotopic (exact) mass is 500 g/mol. The summed E-state index contributed by atoms with van der Waals surface area (Å²) in [5.41, 5.74) is 1.98. The Morgan fingerprint density at radius 2 is 1.29 bits per heavy atom. The highest BCUT2D eigenvalue weighted by Crippen LogP contribution is 2.43. The van der Waals surface area contributed by atoms with Gasteiger partial charge in [-0.15, -0.1) is 0 Å². The predicted octanol–water partition coefficient (Wildman–Crippen LogP) is 6.15. The van der Waals surface area contributed by atoms with Gasteiger partial charge in [0.05, 0.1) is 12.0 Å². The van der Waals surface area contributed by atoms with Crippen molar-refractivity contribution in [1.29, 1.82) is 0 Å². The second kappa shape index (κ2) is 9.65. The molecule has 1 unspecified atom stereocenters. The van der Waals surface area contributed by atoms with Gasteiger partial charge in [-0.05, 0) is 65.9 Å². The van der Waals surface area contributed by atoms with Crippen LogP contribution >= 0.6 is 23.2 Å². The van der Waals surface area contributed by atoms with Gasteiger partial charge in [-0.25, -0.2) is 8.78 Å². The molecule has 0 bridgehead atoms. The number of carbonyl (C=O) groups excluding carboxylic acids is 1. The van der Waals surface area contributed by atoms with Crippen LogP contribution in [0.5, 0.6) is 0 Å². The molecule has 1 saturated carbocycles. The first-order valence-electron chi connectivity index (χ1n) is 11.4. The van der Waals surface area contributed by atoms with E-state index < -0.39 is 23.5 Å². The molecule has 1 saturated heterocycles. The lowest BCUT2D eigenvalue weighted by atomic mass is 9.76. The standard InChI is InChI=1S/C27H24Cl2F2N2O/c28-19-5-1-16(2-6-19)25(17-3-7-20(29)8-4-17)26(18-11-21(30)13-22(31)12-18)27(34)33(23-9-10-23)24-14-32-15-24/h1-8,11-13,23-26,32H,9-10,14-15H2. The van der Waals surface area contributed by atoms with Crippen molar-refractivity contribution in [3.05, 3.63) is 105 Å². The Labute approximate surface area is 207 Å². The van der Waals surface area contributed by atoms with E-state index in [0.29, 0.717) is 15.6 Å². The van der Waals surface area contributed by atoms with E-state index in [-0.39, 0.29) is 18.0 Å². The van der Waals surface area contributed by atoms with Crippen LogP contribution in [0.15, 0.2) is 66.7 Å². The average molecular weight is 501 g/mol. The van der Waals surface area contributed by atoms with E-state index in [9.17, 15) is 13.6 Å². The van der Waals surface area contributed by atoms with Crippen LogP contribution in [0.25, 0.3) is 0 Å². The quantitative estimate of drug-likeness (QED) is 0.421. The fourth-order valence-corrected chi connectivity index (χ4v) is 5.04. The summed E-state index contributed by atoms with van der Waals surface area (Å²) in [4.78, 5) is 16.3. The second-order valence-corrected chi connectivity index (χ2v) is 9.92. The molecule has 7 heteroatoms. The first-order chi connectivity index (χ1) is 16.4. The van der Waals surface area contributed by atoms with Gasteiger partial charge in [-0.1, -0.05) is 47.5 Å². The smallest absolute Gasteiger partial charge is 0.231 e. The van der Waals surface area contributed by atoms with Crippen LogP contribution < -0.4 is 5.32 Å². The third-order valence-corrected chi connectivity index (χ3v) is 7.15. The Balaban J connectivity index is 1.68. The summed E-state index contributed by atoms with van der Waals surface area (Å²) in [5.74, 6) is -2.84. The molecule has 2 aliphatic rings. The Bertz CT molecular complexity index is 1110. The molecule has 176 valence electrons. The van der Waals surface area contributed by atoms with Gasteiger partial charge in [-0.3, -0.25) is 4.79 Å². The number of rotatable bonds is 7. The van der Waals surface area contributed by atoms with Crippen LogP contribution in [0.3, 0.4) is 0 Å². The summed E-state index contributed by atoms with van der Waals surface area (Å²) >= 11 is 12.3. The zero-order valence-corrected chi connectivity index (χ0v) is 19.9. The van der Waals surface area contributed by atoms with Crippen LogP contribution in [0.4, 0.5) is 8.78 Å². The maximum absolute atomic E-state index is 14.4. The molecule has 5 rings (SSSR count). The number of halogens is 4. The van der Waals surface area contributed by atoms with Gasteiger partial charge in [0.2, 0.25) is 5.91 Å². The van der Waals surface area contributed by atoms with Crippen molar-refractivity contribution >= 4 is 29.1 Å². The number of hydrogen-bond donors (Lipinski definition) is 1. The minimum Gasteiger partial charge on any atom is -0.334 e. The number of nitrogens with zero attached hydrogens (tertiary/aromatic N) is 1. The minimum absolute atomic E-state index is 0.0805. The molecule has 1 N–H and O–H groups in total. The molecular weight excluding hydrogens is 477 g/mol. The fraction of sp³-hybridized carbons (Fsp3) is 0.296. The second-order valence-electron chi connectivity index (χ2n) is 9.05. The van der Waals surface area contributed by atoms with Crippen molar-refractivity contribution in [2.75, 3.05) is 13.1 Å². The van der Waals surface area contributed by atoms with E-state index in [4.69, 9.17) is 23.2 Å². The van der Waals surface area contributed by atoms with Gasteiger partial charge < -0.3 is 10.2 Å².